The van der Waals surface area contributed by atoms with Crippen molar-refractivity contribution in [1.82, 2.24) is 10.6 Å². The molecule has 0 aliphatic heterocycles. The zero-order chi connectivity index (χ0) is 18.2. The van der Waals surface area contributed by atoms with Crippen LogP contribution in [0.15, 0.2) is 29.2 Å². The summed E-state index contributed by atoms with van der Waals surface area (Å²) in [6, 6.07) is 6.95. The third kappa shape index (κ3) is 7.18. The molecule has 24 heavy (non-hydrogen) atoms. The highest BCUT2D eigenvalue weighted by atomic mass is 32.2. The minimum absolute atomic E-state index is 0.0225. The van der Waals surface area contributed by atoms with Crippen LogP contribution in [0, 0.1) is 5.92 Å². The van der Waals surface area contributed by atoms with Crippen molar-refractivity contribution in [2.45, 2.75) is 57.4 Å². The summed E-state index contributed by atoms with van der Waals surface area (Å²) in [6.07, 6.45) is 6.07. The van der Waals surface area contributed by atoms with Crippen molar-refractivity contribution in [3.63, 3.8) is 0 Å². The lowest BCUT2D eigenvalue weighted by molar-refractivity contribution is 0.444. The molecule has 0 heterocycles. The number of hydrogen-bond acceptors (Lipinski definition) is 3. The van der Waals surface area contributed by atoms with Gasteiger partial charge >= 0.3 is 0 Å². The molecule has 0 saturated carbocycles. The van der Waals surface area contributed by atoms with E-state index in [9.17, 15) is 8.42 Å². The lowest BCUT2D eigenvalue weighted by atomic mass is 9.99. The van der Waals surface area contributed by atoms with Crippen LogP contribution in [0.25, 0.3) is 0 Å². The average molecular weight is 371 g/mol. The summed E-state index contributed by atoms with van der Waals surface area (Å²) in [5.41, 5.74) is 1.00. The highest BCUT2D eigenvalue weighted by Gasteiger charge is 2.11. The molecule has 1 aromatic carbocycles. The molecule has 2 N–H and O–H groups in total. The molecule has 136 valence electrons. The summed E-state index contributed by atoms with van der Waals surface area (Å²) >= 11 is 5.38. The Bertz CT molecular complexity index is 612. The summed E-state index contributed by atoms with van der Waals surface area (Å²) in [4.78, 5) is 0.334. The smallest absolute Gasteiger partial charge is 0.175 e. The van der Waals surface area contributed by atoms with Crippen LogP contribution in [0.3, 0.4) is 0 Å². The molecule has 0 aliphatic carbocycles. The molecule has 0 unspecified atom stereocenters. The number of unbranched alkanes of at least 4 members (excludes halogenated alkanes) is 1. The normalized spacial score (nSPS) is 14.0. The Morgan fingerprint density at radius 1 is 1.21 bits per heavy atom. The molecule has 0 spiro atoms. The van der Waals surface area contributed by atoms with Crippen LogP contribution in [0.5, 0.6) is 0 Å². The third-order valence-electron chi connectivity index (χ3n) is 4.25. The molecule has 0 bridgehead atoms. The van der Waals surface area contributed by atoms with Gasteiger partial charge in [-0.15, -0.1) is 0 Å². The highest BCUT2D eigenvalue weighted by molar-refractivity contribution is 7.90. The van der Waals surface area contributed by atoms with Gasteiger partial charge in [-0.05, 0) is 49.2 Å². The van der Waals surface area contributed by atoms with E-state index in [4.69, 9.17) is 12.2 Å². The molecule has 0 fully saturated rings. The van der Waals surface area contributed by atoms with Crippen molar-refractivity contribution in [1.29, 1.82) is 0 Å². The van der Waals surface area contributed by atoms with E-state index in [1.54, 1.807) is 12.1 Å². The Balaban J connectivity index is 2.51. The molecule has 6 heteroatoms. The predicted molar refractivity (Wildman–Crippen MR) is 105 cm³/mol. The summed E-state index contributed by atoms with van der Waals surface area (Å²) in [6.45, 7) is 7.33. The fraction of sp³-hybridized carbons (Fsp3) is 0.611. The summed E-state index contributed by atoms with van der Waals surface area (Å²) < 4.78 is 23.0. The summed E-state index contributed by atoms with van der Waals surface area (Å²) in [5.74, 6) is 0.647. The first-order valence-electron chi connectivity index (χ1n) is 8.62. The molecule has 0 amide bonds. The van der Waals surface area contributed by atoms with Gasteiger partial charge in [0.1, 0.15) is 0 Å². The molecule has 1 rings (SSSR count). The lowest BCUT2D eigenvalue weighted by Gasteiger charge is -2.20. The molecule has 0 aromatic heterocycles. The standard InChI is InChI=1S/C18H30N2O2S2/c1-5-7-8-15(6-2)13-19-18(23)20-14(3)16-9-11-17(12-10-16)24(4,21)22/h9-12,14-15H,5-8,13H2,1-4H3,(H2,19,20,23)/t14-,15-/m0/s1. The maximum Gasteiger partial charge on any atom is 0.175 e. The van der Waals surface area contributed by atoms with Crippen LogP contribution in [-0.2, 0) is 9.84 Å². The Morgan fingerprint density at radius 2 is 1.83 bits per heavy atom. The van der Waals surface area contributed by atoms with Crippen LogP contribution in [-0.4, -0.2) is 26.3 Å². The van der Waals surface area contributed by atoms with Crippen molar-refractivity contribution in [2.75, 3.05) is 12.8 Å². The monoisotopic (exact) mass is 370 g/mol. The van der Waals surface area contributed by atoms with Gasteiger partial charge in [0.15, 0.2) is 14.9 Å². The molecule has 0 aliphatic rings. The van der Waals surface area contributed by atoms with Crippen LogP contribution in [0.4, 0.5) is 0 Å². The van der Waals surface area contributed by atoms with Gasteiger partial charge in [0.2, 0.25) is 0 Å². The Morgan fingerprint density at radius 3 is 2.33 bits per heavy atom. The van der Waals surface area contributed by atoms with E-state index >= 15 is 0 Å². The maximum atomic E-state index is 11.5. The van der Waals surface area contributed by atoms with Crippen LogP contribution in [0.1, 0.15) is 58.1 Å². The minimum atomic E-state index is -3.16. The van der Waals surface area contributed by atoms with E-state index in [1.807, 2.05) is 19.1 Å². The van der Waals surface area contributed by atoms with Crippen LogP contribution in [0.2, 0.25) is 0 Å². The Labute approximate surface area is 152 Å². The van der Waals surface area contributed by atoms with E-state index in [1.165, 1.54) is 25.5 Å². The first kappa shape index (κ1) is 20.9. The topological polar surface area (TPSA) is 58.2 Å². The van der Waals surface area contributed by atoms with Gasteiger partial charge in [-0.2, -0.15) is 0 Å². The van der Waals surface area contributed by atoms with E-state index in [-0.39, 0.29) is 6.04 Å². The van der Waals surface area contributed by atoms with Gasteiger partial charge < -0.3 is 10.6 Å². The predicted octanol–water partition coefficient (Wildman–Crippen LogP) is 3.83. The Hall–Kier alpha value is -1.14. The number of thiocarbonyl (C=S) groups is 1. The van der Waals surface area contributed by atoms with Crippen molar-refractivity contribution in [3.8, 4) is 0 Å². The first-order valence-corrected chi connectivity index (χ1v) is 10.9. The number of hydrogen-bond donors (Lipinski definition) is 2. The molecular formula is C18H30N2O2S2. The minimum Gasteiger partial charge on any atom is -0.362 e. The second-order valence-corrected chi connectivity index (χ2v) is 8.76. The summed E-state index contributed by atoms with van der Waals surface area (Å²) in [5, 5.41) is 7.21. The summed E-state index contributed by atoms with van der Waals surface area (Å²) in [7, 11) is -3.16. The number of sulfone groups is 1. The van der Waals surface area contributed by atoms with E-state index in [0.29, 0.717) is 15.9 Å². The van der Waals surface area contributed by atoms with Gasteiger partial charge in [0.05, 0.1) is 10.9 Å². The van der Waals surface area contributed by atoms with Crippen LogP contribution < -0.4 is 10.6 Å². The molecule has 0 radical (unpaired) electrons. The van der Waals surface area contributed by atoms with Gasteiger partial charge in [-0.1, -0.05) is 45.2 Å². The fourth-order valence-electron chi connectivity index (χ4n) is 2.52. The van der Waals surface area contributed by atoms with Crippen molar-refractivity contribution >= 4 is 27.2 Å². The largest absolute Gasteiger partial charge is 0.362 e. The molecule has 2 atom stereocenters. The molecular weight excluding hydrogens is 340 g/mol. The first-order chi connectivity index (χ1) is 11.3. The number of rotatable bonds is 9. The highest BCUT2D eigenvalue weighted by Crippen LogP contribution is 2.16. The van der Waals surface area contributed by atoms with Gasteiger partial charge in [0.25, 0.3) is 0 Å². The quantitative estimate of drug-likeness (QED) is 0.647. The lowest BCUT2D eigenvalue weighted by Crippen LogP contribution is -2.39. The van der Waals surface area contributed by atoms with Crippen molar-refractivity contribution in [2.24, 2.45) is 5.92 Å². The van der Waals surface area contributed by atoms with Crippen molar-refractivity contribution in [3.05, 3.63) is 29.8 Å². The van der Waals surface area contributed by atoms with Gasteiger partial charge in [-0.25, -0.2) is 8.42 Å². The molecule has 4 nitrogen and oxygen atoms in total. The second kappa shape index (κ2) is 9.99. The van der Waals surface area contributed by atoms with E-state index < -0.39 is 9.84 Å². The second-order valence-electron chi connectivity index (χ2n) is 6.33. The number of nitrogens with one attached hydrogen (secondary N) is 2. The average Bonchev–Trinajstić information content (AvgIpc) is 2.54. The molecule has 0 saturated heterocycles. The van der Waals surface area contributed by atoms with E-state index in [2.05, 4.69) is 24.5 Å². The van der Waals surface area contributed by atoms with Gasteiger partial charge in [-0.3, -0.25) is 0 Å². The van der Waals surface area contributed by atoms with Crippen LogP contribution >= 0.6 is 12.2 Å². The molecule has 1 aromatic rings. The SMILES string of the molecule is CCCC[C@H](CC)CNC(=S)N[C@@H](C)c1ccc(S(C)(=O)=O)cc1. The fourth-order valence-corrected chi connectivity index (χ4v) is 3.41. The number of benzene rings is 1. The zero-order valence-corrected chi connectivity index (χ0v) is 16.8. The van der Waals surface area contributed by atoms with Gasteiger partial charge in [0, 0.05) is 12.8 Å². The maximum absolute atomic E-state index is 11.5. The van der Waals surface area contributed by atoms with Crippen molar-refractivity contribution < 1.29 is 8.42 Å². The third-order valence-corrected chi connectivity index (χ3v) is 5.64. The Kier molecular flexibility index (Phi) is 8.70. The zero-order valence-electron chi connectivity index (χ0n) is 15.1. The van der Waals surface area contributed by atoms with E-state index in [0.717, 1.165) is 18.5 Å².